The standard InChI is InChI=1S/C9H20O2/c1-6(2)7(10)8(11)9(3,4)5/h6-8,10-11H,1-5H3/t7-,8+/m1/s1. The van der Waals surface area contributed by atoms with Crippen molar-refractivity contribution in [3.05, 3.63) is 0 Å². The van der Waals surface area contributed by atoms with Crippen molar-refractivity contribution in [2.75, 3.05) is 0 Å². The van der Waals surface area contributed by atoms with Gasteiger partial charge in [0.25, 0.3) is 0 Å². The summed E-state index contributed by atoms with van der Waals surface area (Å²) < 4.78 is 0. The Bertz CT molecular complexity index is 113. The lowest BCUT2D eigenvalue weighted by Gasteiger charge is -2.31. The van der Waals surface area contributed by atoms with Crippen LogP contribution in [0.3, 0.4) is 0 Å². The van der Waals surface area contributed by atoms with E-state index >= 15 is 0 Å². The van der Waals surface area contributed by atoms with Crippen molar-refractivity contribution in [1.29, 1.82) is 0 Å². The second kappa shape index (κ2) is 3.55. The highest BCUT2D eigenvalue weighted by Gasteiger charge is 2.30. The van der Waals surface area contributed by atoms with Gasteiger partial charge in [-0.05, 0) is 11.3 Å². The van der Waals surface area contributed by atoms with E-state index in [1.807, 2.05) is 34.6 Å². The topological polar surface area (TPSA) is 40.5 Å². The minimum absolute atomic E-state index is 0.115. The second-order valence-electron chi connectivity index (χ2n) is 4.55. The molecule has 0 radical (unpaired) electrons. The Morgan fingerprint density at radius 1 is 1.00 bits per heavy atom. The first-order chi connectivity index (χ1) is 4.76. The molecule has 0 aromatic rings. The molecule has 0 amide bonds. The molecule has 0 saturated heterocycles. The third kappa shape index (κ3) is 3.21. The van der Waals surface area contributed by atoms with Crippen molar-refractivity contribution in [3.63, 3.8) is 0 Å². The molecule has 0 bridgehead atoms. The van der Waals surface area contributed by atoms with Gasteiger partial charge in [-0.3, -0.25) is 0 Å². The number of hydrogen-bond donors (Lipinski definition) is 2. The van der Waals surface area contributed by atoms with Gasteiger partial charge in [0.2, 0.25) is 0 Å². The molecule has 11 heavy (non-hydrogen) atoms. The molecule has 0 saturated carbocycles. The van der Waals surface area contributed by atoms with E-state index in [4.69, 9.17) is 0 Å². The van der Waals surface area contributed by atoms with Crippen molar-refractivity contribution in [2.45, 2.75) is 46.8 Å². The van der Waals surface area contributed by atoms with Gasteiger partial charge in [0.1, 0.15) is 0 Å². The molecule has 68 valence electrons. The van der Waals surface area contributed by atoms with Gasteiger partial charge in [-0.15, -0.1) is 0 Å². The summed E-state index contributed by atoms with van der Waals surface area (Å²) in [7, 11) is 0. The average molecular weight is 160 g/mol. The zero-order valence-electron chi connectivity index (χ0n) is 8.13. The van der Waals surface area contributed by atoms with Crippen LogP contribution in [0.5, 0.6) is 0 Å². The summed E-state index contributed by atoms with van der Waals surface area (Å²) in [5.41, 5.74) is -0.232. The Labute approximate surface area is 69.2 Å². The summed E-state index contributed by atoms with van der Waals surface area (Å²) in [6, 6.07) is 0. The van der Waals surface area contributed by atoms with Crippen LogP contribution in [0.4, 0.5) is 0 Å². The molecule has 2 heteroatoms. The lowest BCUT2D eigenvalue weighted by atomic mass is 9.82. The molecular formula is C9H20O2. The molecule has 0 rings (SSSR count). The predicted octanol–water partition coefficient (Wildman–Crippen LogP) is 1.41. The maximum absolute atomic E-state index is 9.57. The number of aliphatic hydroxyl groups excluding tert-OH is 2. The van der Waals surface area contributed by atoms with Crippen LogP contribution in [-0.4, -0.2) is 22.4 Å². The Balaban J connectivity index is 4.13. The lowest BCUT2D eigenvalue weighted by Crippen LogP contribution is -2.40. The summed E-state index contributed by atoms with van der Waals surface area (Å²) in [6.07, 6.45) is -1.25. The molecule has 0 aromatic carbocycles. The first-order valence-corrected chi connectivity index (χ1v) is 4.13. The van der Waals surface area contributed by atoms with E-state index in [2.05, 4.69) is 0 Å². The molecule has 0 aliphatic carbocycles. The minimum atomic E-state index is -0.637. The van der Waals surface area contributed by atoms with Gasteiger partial charge in [-0.25, -0.2) is 0 Å². The summed E-state index contributed by atoms with van der Waals surface area (Å²) >= 11 is 0. The van der Waals surface area contributed by atoms with Crippen LogP contribution in [0.2, 0.25) is 0 Å². The van der Waals surface area contributed by atoms with Crippen molar-refractivity contribution in [2.24, 2.45) is 11.3 Å². The molecule has 2 N–H and O–H groups in total. The fourth-order valence-corrected chi connectivity index (χ4v) is 0.877. The van der Waals surface area contributed by atoms with Crippen molar-refractivity contribution < 1.29 is 10.2 Å². The minimum Gasteiger partial charge on any atom is -0.390 e. The molecule has 0 aliphatic rings. The normalized spacial score (nSPS) is 18.5. The number of rotatable bonds is 2. The zero-order chi connectivity index (χ0) is 9.23. The van der Waals surface area contributed by atoms with Crippen molar-refractivity contribution in [1.82, 2.24) is 0 Å². The monoisotopic (exact) mass is 160 g/mol. The van der Waals surface area contributed by atoms with Crippen LogP contribution in [0.25, 0.3) is 0 Å². The maximum atomic E-state index is 9.57. The van der Waals surface area contributed by atoms with E-state index in [0.29, 0.717) is 0 Å². The second-order valence-corrected chi connectivity index (χ2v) is 4.55. The van der Waals surface area contributed by atoms with Gasteiger partial charge < -0.3 is 10.2 Å². The zero-order valence-corrected chi connectivity index (χ0v) is 8.13. The Morgan fingerprint density at radius 2 is 1.36 bits per heavy atom. The molecule has 0 heterocycles. The van der Waals surface area contributed by atoms with E-state index in [-0.39, 0.29) is 11.3 Å². The summed E-state index contributed by atoms with van der Waals surface area (Å²) in [6.45, 7) is 9.56. The fraction of sp³-hybridized carbons (Fsp3) is 1.00. The molecule has 2 atom stereocenters. The third-order valence-corrected chi connectivity index (χ3v) is 1.89. The van der Waals surface area contributed by atoms with E-state index in [9.17, 15) is 10.2 Å². The van der Waals surface area contributed by atoms with Gasteiger partial charge in [0, 0.05) is 0 Å². The Hall–Kier alpha value is -0.0800. The first-order valence-electron chi connectivity index (χ1n) is 4.13. The molecule has 2 nitrogen and oxygen atoms in total. The van der Waals surface area contributed by atoms with Crippen molar-refractivity contribution >= 4 is 0 Å². The summed E-state index contributed by atoms with van der Waals surface area (Å²) in [4.78, 5) is 0. The van der Waals surface area contributed by atoms with Gasteiger partial charge in [0.15, 0.2) is 0 Å². The van der Waals surface area contributed by atoms with Crippen LogP contribution in [0.15, 0.2) is 0 Å². The largest absolute Gasteiger partial charge is 0.390 e. The number of hydrogen-bond acceptors (Lipinski definition) is 2. The van der Waals surface area contributed by atoms with E-state index in [0.717, 1.165) is 0 Å². The smallest absolute Gasteiger partial charge is 0.0849 e. The van der Waals surface area contributed by atoms with Crippen LogP contribution in [0, 0.1) is 11.3 Å². The highest BCUT2D eigenvalue weighted by Crippen LogP contribution is 2.24. The van der Waals surface area contributed by atoms with Gasteiger partial charge in [-0.2, -0.15) is 0 Å². The molecule has 0 aliphatic heterocycles. The van der Waals surface area contributed by atoms with E-state index in [1.54, 1.807) is 0 Å². The summed E-state index contributed by atoms with van der Waals surface area (Å²) in [5.74, 6) is 0.115. The molecule has 0 spiro atoms. The third-order valence-electron chi connectivity index (χ3n) is 1.89. The Morgan fingerprint density at radius 3 is 1.45 bits per heavy atom. The van der Waals surface area contributed by atoms with Crippen LogP contribution in [-0.2, 0) is 0 Å². The van der Waals surface area contributed by atoms with E-state index < -0.39 is 12.2 Å². The highest BCUT2D eigenvalue weighted by molar-refractivity contribution is 4.80. The molecule has 0 aromatic heterocycles. The van der Waals surface area contributed by atoms with Crippen LogP contribution < -0.4 is 0 Å². The Kier molecular flexibility index (Phi) is 3.52. The first kappa shape index (κ1) is 10.9. The molecular weight excluding hydrogens is 140 g/mol. The quantitative estimate of drug-likeness (QED) is 0.641. The fourth-order valence-electron chi connectivity index (χ4n) is 0.877. The van der Waals surface area contributed by atoms with Gasteiger partial charge >= 0.3 is 0 Å². The summed E-state index contributed by atoms with van der Waals surface area (Å²) in [5, 5.41) is 19.1. The average Bonchev–Trinajstić information content (AvgIpc) is 1.82. The number of aliphatic hydroxyl groups is 2. The van der Waals surface area contributed by atoms with Crippen molar-refractivity contribution in [3.8, 4) is 0 Å². The SMILES string of the molecule is CC(C)[C@@H](O)[C@H](O)C(C)(C)C. The van der Waals surface area contributed by atoms with E-state index in [1.165, 1.54) is 0 Å². The molecule has 0 fully saturated rings. The van der Waals surface area contributed by atoms with Crippen LogP contribution >= 0.6 is 0 Å². The highest BCUT2D eigenvalue weighted by atomic mass is 16.3. The molecule has 0 unspecified atom stereocenters. The predicted molar refractivity (Wildman–Crippen MR) is 46.3 cm³/mol. The maximum Gasteiger partial charge on any atom is 0.0849 e. The lowest BCUT2D eigenvalue weighted by molar-refractivity contribution is -0.0639. The van der Waals surface area contributed by atoms with Gasteiger partial charge in [0.05, 0.1) is 12.2 Å². The van der Waals surface area contributed by atoms with Gasteiger partial charge in [-0.1, -0.05) is 34.6 Å². The van der Waals surface area contributed by atoms with Crippen LogP contribution in [0.1, 0.15) is 34.6 Å².